The number of hydrogen-bond donors (Lipinski definition) is 1. The molecular weight excluding hydrogens is 390 g/mol. The van der Waals surface area contributed by atoms with Crippen LogP contribution < -0.4 is 0 Å². The van der Waals surface area contributed by atoms with E-state index in [1.165, 1.54) is 22.3 Å². The smallest absolute Gasteiger partial charge is 0.409 e. The zero-order chi connectivity index (χ0) is 20.6. The number of ether oxygens (including phenoxy) is 1. The average molecular weight is 413 g/mol. The van der Waals surface area contributed by atoms with Crippen LogP contribution in [0.2, 0.25) is 0 Å². The summed E-state index contributed by atoms with van der Waals surface area (Å²) in [6.45, 7) is 0.679. The largest absolute Gasteiger partial charge is 0.480 e. The minimum absolute atomic E-state index is 0.0163. The maximum absolute atomic E-state index is 12.6. The lowest BCUT2D eigenvalue weighted by atomic mass is 9.96. The Morgan fingerprint density at radius 2 is 1.59 bits per heavy atom. The van der Waals surface area contributed by atoms with Crippen molar-refractivity contribution in [3.8, 4) is 11.1 Å². The van der Waals surface area contributed by atoms with Gasteiger partial charge in [-0.15, -0.1) is 0 Å². The predicted molar refractivity (Wildman–Crippen MR) is 110 cm³/mol. The molecule has 1 aliphatic carbocycles. The maximum Gasteiger partial charge on any atom is 0.409 e. The number of carboxylic acid groups (broad SMARTS) is 1. The molecule has 0 aromatic heterocycles. The van der Waals surface area contributed by atoms with E-state index in [1.807, 2.05) is 24.3 Å². The highest BCUT2D eigenvalue weighted by atomic mass is 32.2. The highest BCUT2D eigenvalue weighted by molar-refractivity contribution is 7.86. The van der Waals surface area contributed by atoms with Gasteiger partial charge in [-0.05, 0) is 35.1 Å². The Kier molecular flexibility index (Phi) is 5.17. The Bertz CT molecular complexity index is 919. The first-order valence-corrected chi connectivity index (χ1v) is 11.2. The molecule has 2 aromatic carbocycles. The third kappa shape index (κ3) is 3.33. The molecule has 1 N–H and O–H groups in total. The number of benzene rings is 2. The third-order valence-corrected chi connectivity index (χ3v) is 7.79. The molecule has 1 unspecified atom stereocenters. The molecule has 1 atom stereocenters. The summed E-state index contributed by atoms with van der Waals surface area (Å²) in [6.07, 6.45) is 1.29. The molecular formula is C22H23NO5S. The van der Waals surface area contributed by atoms with Crippen molar-refractivity contribution in [3.63, 3.8) is 0 Å². The summed E-state index contributed by atoms with van der Waals surface area (Å²) >= 11 is 0. The van der Waals surface area contributed by atoms with Crippen molar-refractivity contribution in [1.82, 2.24) is 4.90 Å². The zero-order valence-corrected chi connectivity index (χ0v) is 17.0. The summed E-state index contributed by atoms with van der Waals surface area (Å²) in [6, 6.07) is 16.3. The van der Waals surface area contributed by atoms with Crippen LogP contribution in [0.1, 0.15) is 29.9 Å². The summed E-state index contributed by atoms with van der Waals surface area (Å²) in [5.74, 6) is -1.08. The number of aliphatic carboxylic acids is 1. The number of hydrogen-bond acceptors (Lipinski definition) is 4. The Hall–Kier alpha value is -2.67. The number of nitrogens with zero attached hydrogens (tertiary/aromatic N) is 1. The summed E-state index contributed by atoms with van der Waals surface area (Å²) in [4.78, 5) is 25.7. The number of carbonyl (C=O) groups excluding carboxylic acids is 1. The van der Waals surface area contributed by atoms with Crippen LogP contribution in [0.15, 0.2) is 48.5 Å². The van der Waals surface area contributed by atoms with Crippen molar-refractivity contribution < 1.29 is 23.6 Å². The summed E-state index contributed by atoms with van der Waals surface area (Å²) in [5, 5.41) is 9.49. The van der Waals surface area contributed by atoms with Crippen molar-refractivity contribution in [1.29, 1.82) is 0 Å². The number of amides is 1. The van der Waals surface area contributed by atoms with Crippen LogP contribution in [0.5, 0.6) is 0 Å². The summed E-state index contributed by atoms with van der Waals surface area (Å²) < 4.78 is 16.3. The number of piperidine rings is 1. The van der Waals surface area contributed by atoms with Gasteiger partial charge in [0.05, 0.1) is 0 Å². The molecule has 7 heteroatoms. The highest BCUT2D eigenvalue weighted by Crippen LogP contribution is 2.44. The van der Waals surface area contributed by atoms with Crippen molar-refractivity contribution in [3.05, 3.63) is 59.7 Å². The van der Waals surface area contributed by atoms with E-state index in [-0.39, 0.29) is 38.5 Å². The first-order chi connectivity index (χ1) is 13.9. The summed E-state index contributed by atoms with van der Waals surface area (Å²) in [5.41, 5.74) is 4.62. The van der Waals surface area contributed by atoms with E-state index in [4.69, 9.17) is 4.74 Å². The summed E-state index contributed by atoms with van der Waals surface area (Å²) in [7, 11) is -1.50. The zero-order valence-electron chi connectivity index (χ0n) is 16.2. The van der Waals surface area contributed by atoms with E-state index in [1.54, 1.807) is 0 Å². The standard InChI is InChI=1S/C22H23NO5S/c1-29(27)22(20(24)25)10-12-23(13-11-22)21(26)28-14-19-17-8-4-2-6-15(17)16-7-3-5-9-18(16)19/h2-9,19H,10-14H2,1H3,(H,24,25). The first kappa shape index (κ1) is 19.6. The second kappa shape index (κ2) is 7.63. The van der Waals surface area contributed by atoms with E-state index in [0.29, 0.717) is 0 Å². The molecule has 0 spiro atoms. The highest BCUT2D eigenvalue weighted by Gasteiger charge is 2.46. The van der Waals surface area contributed by atoms with Gasteiger partial charge in [0, 0.05) is 36.1 Å². The molecule has 6 nitrogen and oxygen atoms in total. The van der Waals surface area contributed by atoms with Crippen LogP contribution in [0.3, 0.4) is 0 Å². The van der Waals surface area contributed by atoms with Gasteiger partial charge in [0.1, 0.15) is 11.4 Å². The maximum atomic E-state index is 12.6. The molecule has 1 saturated heterocycles. The van der Waals surface area contributed by atoms with Crippen molar-refractivity contribution >= 4 is 22.9 Å². The van der Waals surface area contributed by atoms with Gasteiger partial charge < -0.3 is 14.7 Å². The van der Waals surface area contributed by atoms with E-state index in [9.17, 15) is 18.9 Å². The minimum atomic E-state index is -1.50. The van der Waals surface area contributed by atoms with E-state index >= 15 is 0 Å². The van der Waals surface area contributed by atoms with Crippen LogP contribution in [0.25, 0.3) is 11.1 Å². The molecule has 0 bridgehead atoms. The molecule has 29 heavy (non-hydrogen) atoms. The monoisotopic (exact) mass is 413 g/mol. The number of carbonyl (C=O) groups is 2. The van der Waals surface area contributed by atoms with E-state index in [0.717, 1.165) is 11.1 Å². The normalized spacial score (nSPS) is 18.6. The molecule has 4 rings (SSSR count). The van der Waals surface area contributed by atoms with Crippen LogP contribution in [-0.2, 0) is 20.3 Å². The number of likely N-dealkylation sites (tertiary alicyclic amines) is 1. The van der Waals surface area contributed by atoms with Crippen LogP contribution in [0.4, 0.5) is 4.79 Å². The number of fused-ring (bicyclic) bond motifs is 3. The van der Waals surface area contributed by atoms with Gasteiger partial charge in [-0.3, -0.25) is 9.00 Å². The van der Waals surface area contributed by atoms with E-state index < -0.39 is 27.6 Å². The lowest BCUT2D eigenvalue weighted by molar-refractivity contribution is -0.141. The average Bonchev–Trinajstić information content (AvgIpc) is 3.05. The minimum Gasteiger partial charge on any atom is -0.480 e. The fourth-order valence-corrected chi connectivity index (χ4v) is 5.36. The fourth-order valence-electron chi connectivity index (χ4n) is 4.36. The lowest BCUT2D eigenvalue weighted by Gasteiger charge is -2.36. The lowest BCUT2D eigenvalue weighted by Crippen LogP contribution is -2.53. The molecule has 1 amide bonds. The SMILES string of the molecule is CS(=O)C1(C(=O)O)CCN(C(=O)OCC2c3ccccc3-c3ccccc32)CC1. The van der Waals surface area contributed by atoms with Crippen molar-refractivity contribution in [2.45, 2.75) is 23.5 Å². The van der Waals surface area contributed by atoms with Gasteiger partial charge in [0.15, 0.2) is 0 Å². The van der Waals surface area contributed by atoms with Crippen molar-refractivity contribution in [2.24, 2.45) is 0 Å². The molecule has 152 valence electrons. The van der Waals surface area contributed by atoms with Crippen molar-refractivity contribution in [2.75, 3.05) is 26.0 Å². The second-order valence-electron chi connectivity index (χ2n) is 7.54. The van der Waals surface area contributed by atoms with Gasteiger partial charge in [-0.25, -0.2) is 4.79 Å². The number of rotatable bonds is 4. The Balaban J connectivity index is 1.44. The fraction of sp³-hybridized carbons (Fsp3) is 0.364. The van der Waals surface area contributed by atoms with E-state index in [2.05, 4.69) is 24.3 Å². The Morgan fingerprint density at radius 1 is 1.07 bits per heavy atom. The van der Waals surface area contributed by atoms with Crippen LogP contribution >= 0.6 is 0 Å². The second-order valence-corrected chi connectivity index (χ2v) is 9.23. The van der Waals surface area contributed by atoms with Gasteiger partial charge >= 0.3 is 12.1 Å². The van der Waals surface area contributed by atoms with Crippen LogP contribution in [0, 0.1) is 0 Å². The third-order valence-electron chi connectivity index (χ3n) is 6.11. The van der Waals surface area contributed by atoms with Crippen LogP contribution in [-0.4, -0.2) is 57.0 Å². The molecule has 2 aromatic rings. The molecule has 1 aliphatic heterocycles. The molecule has 0 radical (unpaired) electrons. The Morgan fingerprint density at radius 3 is 2.07 bits per heavy atom. The van der Waals surface area contributed by atoms with Gasteiger partial charge in [-0.2, -0.15) is 0 Å². The first-order valence-electron chi connectivity index (χ1n) is 9.61. The predicted octanol–water partition coefficient (Wildman–Crippen LogP) is 3.23. The quantitative estimate of drug-likeness (QED) is 0.832. The number of carboxylic acids is 1. The molecule has 1 heterocycles. The van der Waals surface area contributed by atoms with Gasteiger partial charge in [-0.1, -0.05) is 48.5 Å². The molecule has 0 saturated carbocycles. The topological polar surface area (TPSA) is 83.9 Å². The van der Waals surface area contributed by atoms with Gasteiger partial charge in [0.2, 0.25) is 0 Å². The molecule has 2 aliphatic rings. The Labute approximate surface area is 171 Å². The van der Waals surface area contributed by atoms with Gasteiger partial charge in [0.25, 0.3) is 0 Å². The molecule has 1 fully saturated rings.